The fraction of sp³-hybridized carbons (Fsp3) is 0.0769. The number of esters is 1. The van der Waals surface area contributed by atoms with E-state index in [-0.39, 0.29) is 4.21 Å². The van der Waals surface area contributed by atoms with Gasteiger partial charge in [-0.15, -0.1) is 0 Å². The highest BCUT2D eigenvalue weighted by molar-refractivity contribution is 7.94. The maximum absolute atomic E-state index is 12.1. The Labute approximate surface area is 130 Å². The molecule has 3 aromatic rings. The lowest BCUT2D eigenvalue weighted by molar-refractivity contribution is 0.0595. The smallest absolute Gasteiger partial charge is 0.354 e. The summed E-state index contributed by atoms with van der Waals surface area (Å²) >= 11 is 0.896. The van der Waals surface area contributed by atoms with Gasteiger partial charge in [0.1, 0.15) is 5.69 Å². The maximum Gasteiger partial charge on any atom is 0.354 e. The van der Waals surface area contributed by atoms with Crippen molar-refractivity contribution in [1.29, 1.82) is 0 Å². The number of fused-ring (bicyclic) bond motifs is 1. The summed E-state index contributed by atoms with van der Waals surface area (Å²) in [5.74, 6) is -0.483. The van der Waals surface area contributed by atoms with Crippen molar-refractivity contribution < 1.29 is 17.9 Å². The SMILES string of the molecule is COC(=O)c1cc2cc(NS(=O)(=O)c3ccns3)ccc2[nH]1. The largest absolute Gasteiger partial charge is 0.464 e. The number of carbonyl (C=O) groups is 1. The lowest BCUT2D eigenvalue weighted by atomic mass is 10.2. The number of ether oxygens (including phenoxy) is 1. The molecule has 0 aliphatic heterocycles. The molecule has 1 aromatic carbocycles. The maximum atomic E-state index is 12.1. The van der Waals surface area contributed by atoms with Crippen LogP contribution in [0.2, 0.25) is 0 Å². The first-order valence-corrected chi connectivity index (χ1v) is 8.40. The second kappa shape index (κ2) is 5.43. The van der Waals surface area contributed by atoms with Gasteiger partial charge in [0.2, 0.25) is 0 Å². The number of anilines is 1. The van der Waals surface area contributed by atoms with Crippen molar-refractivity contribution in [3.8, 4) is 0 Å². The van der Waals surface area contributed by atoms with E-state index in [1.165, 1.54) is 19.4 Å². The predicted octanol–water partition coefficient (Wildman–Crippen LogP) is 2.21. The van der Waals surface area contributed by atoms with E-state index in [1.54, 1.807) is 24.3 Å². The van der Waals surface area contributed by atoms with Crippen LogP contribution in [0.4, 0.5) is 5.69 Å². The van der Waals surface area contributed by atoms with E-state index in [0.29, 0.717) is 22.3 Å². The van der Waals surface area contributed by atoms with Crippen molar-refractivity contribution in [3.05, 3.63) is 42.2 Å². The zero-order chi connectivity index (χ0) is 15.7. The van der Waals surface area contributed by atoms with E-state index in [9.17, 15) is 13.2 Å². The van der Waals surface area contributed by atoms with Gasteiger partial charge in [0.25, 0.3) is 10.0 Å². The van der Waals surface area contributed by atoms with Gasteiger partial charge in [0.15, 0.2) is 4.21 Å². The summed E-state index contributed by atoms with van der Waals surface area (Å²) in [6.45, 7) is 0. The highest BCUT2D eigenvalue weighted by atomic mass is 32.2. The molecule has 0 radical (unpaired) electrons. The van der Waals surface area contributed by atoms with Gasteiger partial charge in [-0.05, 0) is 41.9 Å². The first kappa shape index (κ1) is 14.5. The van der Waals surface area contributed by atoms with E-state index in [0.717, 1.165) is 11.5 Å². The van der Waals surface area contributed by atoms with Gasteiger partial charge < -0.3 is 9.72 Å². The first-order valence-electron chi connectivity index (χ1n) is 6.14. The highest BCUT2D eigenvalue weighted by Crippen LogP contribution is 2.23. The molecule has 0 atom stereocenters. The zero-order valence-electron chi connectivity index (χ0n) is 11.4. The summed E-state index contributed by atoms with van der Waals surface area (Å²) in [4.78, 5) is 14.4. The Hall–Kier alpha value is -2.39. The average molecular weight is 337 g/mol. The number of nitrogens with one attached hydrogen (secondary N) is 2. The molecule has 2 aromatic heterocycles. The third-order valence-corrected chi connectivity index (χ3v) is 5.55. The number of aromatic amines is 1. The molecule has 9 heteroatoms. The molecule has 0 aliphatic rings. The second-order valence-corrected chi connectivity index (χ2v) is 7.16. The van der Waals surface area contributed by atoms with Crippen LogP contribution in [0.1, 0.15) is 10.5 Å². The van der Waals surface area contributed by atoms with Crippen LogP contribution in [0, 0.1) is 0 Å². The number of H-pyrrole nitrogens is 1. The van der Waals surface area contributed by atoms with Crippen molar-refractivity contribution in [1.82, 2.24) is 9.36 Å². The highest BCUT2D eigenvalue weighted by Gasteiger charge is 2.16. The van der Waals surface area contributed by atoms with E-state index in [2.05, 4.69) is 18.8 Å². The Morgan fingerprint density at radius 1 is 1.32 bits per heavy atom. The van der Waals surface area contributed by atoms with Crippen LogP contribution in [0.5, 0.6) is 0 Å². The number of rotatable bonds is 4. The molecule has 114 valence electrons. The Bertz CT molecular complexity index is 930. The van der Waals surface area contributed by atoms with Crippen LogP contribution in [0.25, 0.3) is 10.9 Å². The Kier molecular flexibility index (Phi) is 3.59. The molecule has 0 unspecified atom stereocenters. The number of nitrogens with zero attached hydrogens (tertiary/aromatic N) is 1. The van der Waals surface area contributed by atoms with Crippen molar-refractivity contribution in [2.75, 3.05) is 11.8 Å². The molecule has 22 heavy (non-hydrogen) atoms. The van der Waals surface area contributed by atoms with Gasteiger partial charge in [-0.2, -0.15) is 4.37 Å². The van der Waals surface area contributed by atoms with Gasteiger partial charge in [0, 0.05) is 22.8 Å². The summed E-state index contributed by atoms with van der Waals surface area (Å²) in [6.07, 6.45) is 1.43. The third-order valence-electron chi connectivity index (χ3n) is 2.96. The van der Waals surface area contributed by atoms with Crippen molar-refractivity contribution >= 4 is 44.1 Å². The van der Waals surface area contributed by atoms with E-state index >= 15 is 0 Å². The molecule has 0 saturated carbocycles. The van der Waals surface area contributed by atoms with E-state index in [4.69, 9.17) is 0 Å². The van der Waals surface area contributed by atoms with Crippen molar-refractivity contribution in [3.63, 3.8) is 0 Å². The number of benzene rings is 1. The zero-order valence-corrected chi connectivity index (χ0v) is 13.0. The van der Waals surface area contributed by atoms with Crippen LogP contribution in [-0.4, -0.2) is 30.9 Å². The minimum atomic E-state index is -3.65. The molecule has 0 amide bonds. The lowest BCUT2D eigenvalue weighted by Gasteiger charge is -2.05. The molecule has 3 rings (SSSR count). The van der Waals surface area contributed by atoms with E-state index < -0.39 is 16.0 Å². The number of aromatic nitrogens is 2. The molecule has 7 nitrogen and oxygen atoms in total. The molecule has 0 spiro atoms. The standard InChI is InChI=1S/C13H11N3O4S2/c1-20-13(17)11-7-8-6-9(2-3-10(8)15-11)16-22(18,19)12-4-5-14-21-12/h2-7,15-16H,1H3. The molecule has 0 saturated heterocycles. The molecule has 0 aliphatic carbocycles. The minimum Gasteiger partial charge on any atom is -0.464 e. The summed E-state index contributed by atoms with van der Waals surface area (Å²) in [5.41, 5.74) is 1.41. The van der Waals surface area contributed by atoms with Gasteiger partial charge >= 0.3 is 5.97 Å². The summed E-state index contributed by atoms with van der Waals surface area (Å²) in [6, 6.07) is 7.96. The van der Waals surface area contributed by atoms with Crippen LogP contribution in [-0.2, 0) is 14.8 Å². The number of methoxy groups -OCH3 is 1. The number of carbonyl (C=O) groups excluding carboxylic acids is 1. The molecule has 0 bridgehead atoms. The quantitative estimate of drug-likeness (QED) is 0.711. The lowest BCUT2D eigenvalue weighted by Crippen LogP contribution is -2.11. The normalized spacial score (nSPS) is 11.5. The molecule has 0 fully saturated rings. The fourth-order valence-electron chi connectivity index (χ4n) is 1.96. The second-order valence-electron chi connectivity index (χ2n) is 4.41. The Morgan fingerprint density at radius 3 is 2.82 bits per heavy atom. The van der Waals surface area contributed by atoms with Crippen LogP contribution in [0.15, 0.2) is 40.7 Å². The topological polar surface area (TPSA) is 101 Å². The third kappa shape index (κ3) is 2.68. The predicted molar refractivity (Wildman–Crippen MR) is 82.6 cm³/mol. The van der Waals surface area contributed by atoms with Crippen LogP contribution >= 0.6 is 11.5 Å². The Morgan fingerprint density at radius 2 is 2.14 bits per heavy atom. The average Bonchev–Trinajstić information content (AvgIpc) is 3.15. The van der Waals surface area contributed by atoms with Gasteiger partial charge in [-0.3, -0.25) is 4.72 Å². The summed E-state index contributed by atoms with van der Waals surface area (Å²) in [5, 5.41) is 0.699. The van der Waals surface area contributed by atoms with Gasteiger partial charge in [-0.1, -0.05) is 0 Å². The molecular formula is C13H11N3O4S2. The monoisotopic (exact) mass is 337 g/mol. The minimum absolute atomic E-state index is 0.136. The molecule has 2 N–H and O–H groups in total. The first-order chi connectivity index (χ1) is 10.5. The Balaban J connectivity index is 1.94. The number of hydrogen-bond acceptors (Lipinski definition) is 6. The van der Waals surface area contributed by atoms with Gasteiger partial charge in [-0.25, -0.2) is 13.2 Å². The van der Waals surface area contributed by atoms with Crippen molar-refractivity contribution in [2.45, 2.75) is 4.21 Å². The summed E-state index contributed by atoms with van der Waals surface area (Å²) < 4.78 is 35.3. The van der Waals surface area contributed by atoms with Crippen LogP contribution < -0.4 is 4.72 Å². The molecule has 2 heterocycles. The van der Waals surface area contributed by atoms with Crippen molar-refractivity contribution in [2.24, 2.45) is 0 Å². The van der Waals surface area contributed by atoms with Gasteiger partial charge in [0.05, 0.1) is 7.11 Å². The fourth-order valence-corrected chi connectivity index (χ4v) is 3.74. The number of sulfonamides is 1. The summed E-state index contributed by atoms with van der Waals surface area (Å²) in [7, 11) is -2.35. The molecular weight excluding hydrogens is 326 g/mol. The number of hydrogen-bond donors (Lipinski definition) is 2. The van der Waals surface area contributed by atoms with E-state index in [1.807, 2.05) is 0 Å². The van der Waals surface area contributed by atoms with Crippen LogP contribution in [0.3, 0.4) is 0 Å².